The van der Waals surface area contributed by atoms with E-state index in [4.69, 9.17) is 5.11 Å². The van der Waals surface area contributed by atoms with E-state index in [1.165, 1.54) is 169 Å². The van der Waals surface area contributed by atoms with Crippen molar-refractivity contribution >= 4 is 11.8 Å². The molecular formula is C43H71N2+. The molecule has 0 aliphatic carbocycles. The van der Waals surface area contributed by atoms with Gasteiger partial charge in [0.15, 0.2) is 13.2 Å². The minimum atomic E-state index is 1.09. The van der Waals surface area contributed by atoms with Crippen LogP contribution in [0, 0.1) is 13.8 Å². The van der Waals surface area contributed by atoms with E-state index in [9.17, 15) is 0 Å². The molecule has 0 aliphatic rings. The molecule has 2 aromatic rings. The van der Waals surface area contributed by atoms with Gasteiger partial charge in [-0.15, -0.1) is 0 Å². The van der Waals surface area contributed by atoms with Crippen LogP contribution < -0.4 is 0 Å². The van der Waals surface area contributed by atoms with E-state index < -0.39 is 0 Å². The Morgan fingerprint density at radius 2 is 1.00 bits per heavy atom. The highest BCUT2D eigenvalue weighted by atomic mass is 15.2. The Morgan fingerprint density at radius 3 is 1.58 bits per heavy atom. The summed E-state index contributed by atoms with van der Waals surface area (Å²) in [4.78, 5) is 0. The number of hydrogen-bond donors (Lipinski definition) is 0. The first-order chi connectivity index (χ1) is 21.9. The summed E-state index contributed by atoms with van der Waals surface area (Å²) in [5.74, 6) is 0. The Morgan fingerprint density at radius 1 is 0.533 bits per heavy atom. The highest BCUT2D eigenvalue weighted by Crippen LogP contribution is 2.27. The van der Waals surface area contributed by atoms with Crippen LogP contribution in [0.3, 0.4) is 0 Å². The van der Waals surface area contributed by atoms with Gasteiger partial charge in [0.1, 0.15) is 5.69 Å². The fourth-order valence-corrected chi connectivity index (χ4v) is 6.69. The zero-order valence-electron chi connectivity index (χ0n) is 30.9. The molecule has 0 aliphatic heterocycles. The van der Waals surface area contributed by atoms with Crippen molar-refractivity contribution in [3.8, 4) is 0 Å². The van der Waals surface area contributed by atoms with Crippen LogP contribution in [0.1, 0.15) is 182 Å². The van der Waals surface area contributed by atoms with Crippen LogP contribution in [0.4, 0.5) is 5.69 Å². The first-order valence-electron chi connectivity index (χ1n) is 19.3. The van der Waals surface area contributed by atoms with Crippen LogP contribution in [-0.2, 0) is 25.7 Å². The zero-order valence-corrected chi connectivity index (χ0v) is 30.9. The highest BCUT2D eigenvalue weighted by Gasteiger charge is 2.11. The second-order valence-electron chi connectivity index (χ2n) is 13.8. The van der Waals surface area contributed by atoms with Gasteiger partial charge < -0.3 is 0 Å². The lowest BCUT2D eigenvalue weighted by Crippen LogP contribution is -2.00. The van der Waals surface area contributed by atoms with Gasteiger partial charge in [0.2, 0.25) is 0 Å². The van der Waals surface area contributed by atoms with Crippen LogP contribution >= 0.6 is 0 Å². The van der Waals surface area contributed by atoms with Gasteiger partial charge >= 0.3 is 0 Å². The van der Waals surface area contributed by atoms with E-state index in [1.807, 2.05) is 4.70 Å². The van der Waals surface area contributed by atoms with Crippen molar-refractivity contribution in [1.29, 1.82) is 0 Å². The first-order valence-corrected chi connectivity index (χ1v) is 19.3. The highest BCUT2D eigenvalue weighted by molar-refractivity contribution is 5.54. The second-order valence-corrected chi connectivity index (χ2v) is 13.8. The molecule has 0 heterocycles. The van der Waals surface area contributed by atoms with Crippen molar-refractivity contribution in [1.82, 2.24) is 0 Å². The predicted molar refractivity (Wildman–Crippen MR) is 200 cm³/mol. The van der Waals surface area contributed by atoms with E-state index in [1.54, 1.807) is 11.1 Å². The summed E-state index contributed by atoms with van der Waals surface area (Å²) in [6, 6.07) is 9.58. The van der Waals surface area contributed by atoms with Crippen LogP contribution in [0.15, 0.2) is 35.6 Å². The number of unbranched alkanes of at least 4 members (excludes halogenated alkanes) is 14. The smallest absolute Gasteiger partial charge is 0.0934 e. The predicted octanol–water partition coefficient (Wildman–Crippen LogP) is 14.0. The van der Waals surface area contributed by atoms with Crippen LogP contribution in [0.25, 0.3) is 6.08 Å². The Labute approximate surface area is 280 Å². The van der Waals surface area contributed by atoms with Crippen LogP contribution in [0.2, 0.25) is 0 Å². The molecule has 2 rings (SSSR count). The zero-order chi connectivity index (χ0) is 32.7. The lowest BCUT2D eigenvalue weighted by molar-refractivity contribution is -0.491. The fourth-order valence-electron chi connectivity index (χ4n) is 6.69. The summed E-state index contributed by atoms with van der Waals surface area (Å²) in [7, 11) is 2.08. The van der Waals surface area contributed by atoms with Crippen molar-refractivity contribution in [2.75, 3.05) is 7.05 Å². The van der Waals surface area contributed by atoms with Gasteiger partial charge in [-0.25, -0.2) is 0 Å². The van der Waals surface area contributed by atoms with E-state index >= 15 is 0 Å². The molecule has 2 nitrogen and oxygen atoms in total. The number of rotatable bonds is 25. The van der Waals surface area contributed by atoms with Crippen molar-refractivity contribution in [2.45, 2.75) is 183 Å². The van der Waals surface area contributed by atoms with E-state index in [2.05, 4.69) is 85.1 Å². The molecule has 0 saturated carbocycles. The van der Waals surface area contributed by atoms with E-state index in [-0.39, 0.29) is 0 Å². The van der Waals surface area contributed by atoms with Gasteiger partial charge in [0, 0.05) is 6.08 Å². The number of benzene rings is 2. The third-order valence-electron chi connectivity index (χ3n) is 9.63. The standard InChI is InChI=1S/C43H71N2/c1-8-12-16-19-21-23-27-40-34-38(33-39(37(40)6)26-15-11-4)30-31-45(7)44-42-32-36(5)43(29-25-18-14-10-3)41(35-42)28-24-22-20-17-13-9-2/h30-35H,8-29H2,1-7H3/q+1. The molecule has 0 N–H and O–H groups in total. The van der Waals surface area contributed by atoms with Gasteiger partial charge in [0.25, 0.3) is 0 Å². The lowest BCUT2D eigenvalue weighted by Gasteiger charge is -2.14. The molecule has 0 atom stereocenters. The molecule has 2 aromatic carbocycles. The third kappa shape index (κ3) is 15.8. The van der Waals surface area contributed by atoms with E-state index in [0.717, 1.165) is 5.69 Å². The molecular weight excluding hydrogens is 544 g/mol. The molecule has 0 saturated heterocycles. The number of azo groups is 2. The normalized spacial score (nSPS) is 12.1. The largest absolute Gasteiger partial charge is 0.196 e. The summed E-state index contributed by atoms with van der Waals surface area (Å²) >= 11 is 0. The van der Waals surface area contributed by atoms with Crippen LogP contribution in [0.5, 0.6) is 0 Å². The molecule has 45 heavy (non-hydrogen) atoms. The Hall–Kier alpha value is -2.22. The minimum absolute atomic E-state index is 1.09. The summed E-state index contributed by atoms with van der Waals surface area (Å²) in [6.07, 6.45) is 33.2. The molecule has 0 amide bonds. The molecule has 252 valence electrons. The first kappa shape index (κ1) is 39.0. The molecule has 0 spiro atoms. The van der Waals surface area contributed by atoms with Crippen molar-refractivity contribution in [2.24, 2.45) is 5.11 Å². The summed E-state index contributed by atoms with van der Waals surface area (Å²) in [5, 5.41) is 5.06. The quantitative estimate of drug-likeness (QED) is 0.0600. The average molecular weight is 616 g/mol. The average Bonchev–Trinajstić information content (AvgIpc) is 3.02. The van der Waals surface area contributed by atoms with Crippen molar-refractivity contribution < 1.29 is 4.70 Å². The molecule has 0 bridgehead atoms. The summed E-state index contributed by atoms with van der Waals surface area (Å²) in [6.45, 7) is 13.9. The molecule has 2 heteroatoms. The van der Waals surface area contributed by atoms with Gasteiger partial charge in [-0.1, -0.05) is 134 Å². The molecule has 0 radical (unpaired) electrons. The van der Waals surface area contributed by atoms with Gasteiger partial charge in [-0.3, -0.25) is 0 Å². The Bertz CT molecular complexity index is 1140. The third-order valence-corrected chi connectivity index (χ3v) is 9.63. The Kier molecular flexibility index (Phi) is 20.8. The molecule has 0 aromatic heterocycles. The number of aryl methyl sites for hydroxylation is 4. The molecule has 0 fully saturated rings. The molecule has 0 unspecified atom stereocenters. The van der Waals surface area contributed by atoms with Crippen molar-refractivity contribution in [3.63, 3.8) is 0 Å². The number of nitrogens with zero attached hydrogens (tertiary/aromatic N) is 2. The fraction of sp³-hybridized carbons (Fsp3) is 0.674. The van der Waals surface area contributed by atoms with Crippen molar-refractivity contribution in [3.05, 3.63) is 69.4 Å². The van der Waals surface area contributed by atoms with Crippen LogP contribution in [-0.4, -0.2) is 11.7 Å². The topological polar surface area (TPSA) is 15.4 Å². The van der Waals surface area contributed by atoms with Gasteiger partial charge in [-0.2, -0.15) is 0 Å². The summed E-state index contributed by atoms with van der Waals surface area (Å²) < 4.78 is 2.02. The minimum Gasteiger partial charge on any atom is -0.0934 e. The van der Waals surface area contributed by atoms with Gasteiger partial charge in [0.05, 0.1) is 0 Å². The monoisotopic (exact) mass is 616 g/mol. The lowest BCUT2D eigenvalue weighted by atomic mass is 9.92. The second kappa shape index (κ2) is 24.0. The SMILES string of the molecule is CCCCCCCCc1cc(C=C[N+](C)=Nc2cc(C)c(CCCCCC)c(CCCCCCCC)c2)cc(CCCC)c1C. The van der Waals surface area contributed by atoms with Gasteiger partial charge in [-0.05, 0) is 121 Å². The number of hydrogen-bond acceptors (Lipinski definition) is 1. The maximum Gasteiger partial charge on any atom is 0.196 e. The maximum atomic E-state index is 5.06. The Balaban J connectivity index is 2.22. The summed E-state index contributed by atoms with van der Waals surface area (Å²) in [5.41, 5.74) is 11.6. The maximum absolute atomic E-state index is 5.06. The van der Waals surface area contributed by atoms with E-state index in [0.29, 0.717) is 0 Å².